The van der Waals surface area contributed by atoms with Gasteiger partial charge >= 0.3 is 0 Å². The van der Waals surface area contributed by atoms with Gasteiger partial charge in [0.1, 0.15) is 0 Å². The van der Waals surface area contributed by atoms with Crippen molar-refractivity contribution in [2.45, 2.75) is 6.10 Å². The van der Waals surface area contributed by atoms with Crippen molar-refractivity contribution in [3.05, 3.63) is 34.3 Å². The summed E-state index contributed by atoms with van der Waals surface area (Å²) in [6, 6.07) is 7.74. The standard InChI is InChI=1S/C13H18BrNO4S/c1-18-8-9-20(16,17)15-6-7-19-13(10-15)11-2-4-12(14)5-3-11/h2-5,13H,6-10H2,1H3. The normalized spacial score (nSPS) is 21.0. The number of morpholine rings is 1. The molecule has 0 saturated carbocycles. The number of hydrogen-bond donors (Lipinski definition) is 0. The van der Waals surface area contributed by atoms with Crippen LogP contribution in [0.5, 0.6) is 0 Å². The van der Waals surface area contributed by atoms with Crippen LogP contribution in [0.25, 0.3) is 0 Å². The highest BCUT2D eigenvalue weighted by molar-refractivity contribution is 9.10. The second-order valence-electron chi connectivity index (χ2n) is 4.58. The number of methoxy groups -OCH3 is 1. The van der Waals surface area contributed by atoms with Crippen LogP contribution in [0, 0.1) is 0 Å². The fourth-order valence-corrected chi connectivity index (χ4v) is 3.69. The molecule has 1 heterocycles. The number of halogens is 1. The van der Waals surface area contributed by atoms with Gasteiger partial charge in [-0.1, -0.05) is 28.1 Å². The maximum atomic E-state index is 12.2. The van der Waals surface area contributed by atoms with Crippen molar-refractivity contribution in [3.63, 3.8) is 0 Å². The van der Waals surface area contributed by atoms with Crippen molar-refractivity contribution in [2.75, 3.05) is 39.2 Å². The van der Waals surface area contributed by atoms with Crippen molar-refractivity contribution in [2.24, 2.45) is 0 Å². The van der Waals surface area contributed by atoms with Crippen LogP contribution in [0.2, 0.25) is 0 Å². The van der Waals surface area contributed by atoms with Gasteiger partial charge in [0.15, 0.2) is 0 Å². The minimum atomic E-state index is -3.28. The third-order valence-electron chi connectivity index (χ3n) is 3.21. The second-order valence-corrected chi connectivity index (χ2v) is 7.58. The highest BCUT2D eigenvalue weighted by Gasteiger charge is 2.29. The van der Waals surface area contributed by atoms with Crippen LogP contribution in [0.3, 0.4) is 0 Å². The molecule has 7 heteroatoms. The first-order valence-corrected chi connectivity index (χ1v) is 8.77. The third kappa shape index (κ3) is 4.02. The number of benzene rings is 1. The highest BCUT2D eigenvalue weighted by Crippen LogP contribution is 2.25. The largest absolute Gasteiger partial charge is 0.384 e. The second kappa shape index (κ2) is 7.00. The highest BCUT2D eigenvalue weighted by atomic mass is 79.9. The Morgan fingerprint density at radius 2 is 2.10 bits per heavy atom. The monoisotopic (exact) mass is 363 g/mol. The van der Waals surface area contributed by atoms with E-state index in [1.165, 1.54) is 11.4 Å². The summed E-state index contributed by atoms with van der Waals surface area (Å²) in [7, 11) is -1.78. The first-order chi connectivity index (χ1) is 9.53. The summed E-state index contributed by atoms with van der Waals surface area (Å²) in [4.78, 5) is 0. The maximum absolute atomic E-state index is 12.2. The zero-order valence-electron chi connectivity index (χ0n) is 11.3. The zero-order valence-corrected chi connectivity index (χ0v) is 13.7. The molecule has 0 bridgehead atoms. The molecule has 1 aromatic carbocycles. The SMILES string of the molecule is COCCS(=O)(=O)N1CCOC(c2ccc(Br)cc2)C1. The summed E-state index contributed by atoms with van der Waals surface area (Å²) < 4.78 is 37.3. The molecule has 1 atom stereocenters. The lowest BCUT2D eigenvalue weighted by Crippen LogP contribution is -2.43. The van der Waals surface area contributed by atoms with Crippen LogP contribution in [-0.4, -0.2) is 51.9 Å². The van der Waals surface area contributed by atoms with Crippen molar-refractivity contribution in [3.8, 4) is 0 Å². The Labute approximate surface area is 128 Å². The van der Waals surface area contributed by atoms with Gasteiger partial charge in [0, 0.05) is 24.7 Å². The quantitative estimate of drug-likeness (QED) is 0.800. The number of nitrogens with zero attached hydrogens (tertiary/aromatic N) is 1. The van der Waals surface area contributed by atoms with E-state index in [0.29, 0.717) is 19.7 Å². The summed E-state index contributed by atoms with van der Waals surface area (Å²) in [5.74, 6) is 0.0105. The van der Waals surface area contributed by atoms with Gasteiger partial charge in [-0.3, -0.25) is 0 Å². The molecule has 0 aliphatic carbocycles. The molecule has 1 saturated heterocycles. The van der Waals surface area contributed by atoms with Crippen molar-refractivity contribution < 1.29 is 17.9 Å². The molecule has 5 nitrogen and oxygen atoms in total. The Bertz CT molecular complexity index is 532. The lowest BCUT2D eigenvalue weighted by molar-refractivity contribution is -0.00269. The van der Waals surface area contributed by atoms with Crippen molar-refractivity contribution in [1.82, 2.24) is 4.31 Å². The molecule has 1 unspecified atom stereocenters. The first kappa shape index (κ1) is 15.9. The molecule has 112 valence electrons. The minimum Gasteiger partial charge on any atom is -0.384 e. The van der Waals surface area contributed by atoms with Gasteiger partial charge in [-0.25, -0.2) is 8.42 Å². The van der Waals surface area contributed by atoms with E-state index in [0.717, 1.165) is 10.0 Å². The van der Waals surface area contributed by atoms with Gasteiger partial charge in [0.2, 0.25) is 10.0 Å². The maximum Gasteiger partial charge on any atom is 0.216 e. The van der Waals surface area contributed by atoms with E-state index in [-0.39, 0.29) is 18.5 Å². The number of sulfonamides is 1. The molecule has 1 aliphatic rings. The van der Waals surface area contributed by atoms with E-state index < -0.39 is 10.0 Å². The lowest BCUT2D eigenvalue weighted by Gasteiger charge is -2.32. The first-order valence-electron chi connectivity index (χ1n) is 6.37. The predicted octanol–water partition coefficient (Wildman–Crippen LogP) is 1.80. The van der Waals surface area contributed by atoms with Crippen LogP contribution < -0.4 is 0 Å². The third-order valence-corrected chi connectivity index (χ3v) is 5.54. The van der Waals surface area contributed by atoms with Crippen LogP contribution in [0.15, 0.2) is 28.7 Å². The number of ether oxygens (including phenoxy) is 2. The van der Waals surface area contributed by atoms with Gasteiger partial charge < -0.3 is 9.47 Å². The van der Waals surface area contributed by atoms with Crippen molar-refractivity contribution in [1.29, 1.82) is 0 Å². The lowest BCUT2D eigenvalue weighted by atomic mass is 10.1. The van der Waals surface area contributed by atoms with E-state index in [2.05, 4.69) is 15.9 Å². The van der Waals surface area contributed by atoms with E-state index in [9.17, 15) is 8.42 Å². The summed E-state index contributed by atoms with van der Waals surface area (Å²) in [5.41, 5.74) is 0.986. The number of hydrogen-bond acceptors (Lipinski definition) is 4. The van der Waals surface area contributed by atoms with Crippen LogP contribution in [0.4, 0.5) is 0 Å². The predicted molar refractivity (Wildman–Crippen MR) is 80.1 cm³/mol. The number of rotatable bonds is 5. The van der Waals surface area contributed by atoms with Crippen LogP contribution >= 0.6 is 15.9 Å². The molecule has 0 N–H and O–H groups in total. The Morgan fingerprint density at radius 3 is 2.75 bits per heavy atom. The topological polar surface area (TPSA) is 55.8 Å². The van der Waals surface area contributed by atoms with Gasteiger partial charge in [-0.2, -0.15) is 4.31 Å². The zero-order chi connectivity index (χ0) is 14.6. The molecular formula is C13H18BrNO4S. The fourth-order valence-electron chi connectivity index (χ4n) is 2.08. The average molecular weight is 364 g/mol. The Morgan fingerprint density at radius 1 is 1.40 bits per heavy atom. The summed E-state index contributed by atoms with van der Waals surface area (Å²) in [6.07, 6.45) is -0.214. The van der Waals surface area contributed by atoms with E-state index >= 15 is 0 Å². The molecule has 1 fully saturated rings. The summed E-state index contributed by atoms with van der Waals surface area (Å²) >= 11 is 3.38. The van der Waals surface area contributed by atoms with Gasteiger partial charge in [0.05, 0.1) is 25.1 Å². The minimum absolute atomic E-state index is 0.0105. The molecule has 20 heavy (non-hydrogen) atoms. The Balaban J connectivity index is 2.06. The fraction of sp³-hybridized carbons (Fsp3) is 0.538. The van der Waals surface area contributed by atoms with E-state index in [1.807, 2.05) is 24.3 Å². The molecule has 1 aromatic rings. The summed E-state index contributed by atoms with van der Waals surface area (Å²) in [6.45, 7) is 1.38. The van der Waals surface area contributed by atoms with E-state index in [4.69, 9.17) is 9.47 Å². The Hall–Kier alpha value is -0.470. The van der Waals surface area contributed by atoms with E-state index in [1.54, 1.807) is 0 Å². The smallest absolute Gasteiger partial charge is 0.216 e. The van der Waals surface area contributed by atoms with Gasteiger partial charge in [-0.05, 0) is 17.7 Å². The summed E-state index contributed by atoms with van der Waals surface area (Å²) in [5, 5.41) is 0. The van der Waals surface area contributed by atoms with Gasteiger partial charge in [-0.15, -0.1) is 0 Å². The van der Waals surface area contributed by atoms with Crippen LogP contribution in [0.1, 0.15) is 11.7 Å². The van der Waals surface area contributed by atoms with Gasteiger partial charge in [0.25, 0.3) is 0 Å². The average Bonchev–Trinajstić information content (AvgIpc) is 2.46. The molecule has 0 spiro atoms. The molecule has 2 rings (SSSR count). The van der Waals surface area contributed by atoms with Crippen molar-refractivity contribution >= 4 is 26.0 Å². The molecule has 0 aromatic heterocycles. The molecular weight excluding hydrogens is 346 g/mol. The molecule has 0 radical (unpaired) electrons. The van der Waals surface area contributed by atoms with Crippen LogP contribution in [-0.2, 0) is 19.5 Å². The molecule has 1 aliphatic heterocycles. The Kier molecular flexibility index (Phi) is 5.57. The molecule has 0 amide bonds.